The maximum atomic E-state index is 3.65. The molecule has 12 heavy (non-hydrogen) atoms. The predicted octanol–water partition coefficient (Wildman–Crippen LogP) is 1.92. The molecule has 0 fully saturated rings. The van der Waals surface area contributed by atoms with Crippen molar-refractivity contribution in [2.75, 3.05) is 0 Å². The van der Waals surface area contributed by atoms with Crippen LogP contribution in [0.5, 0.6) is 0 Å². The smallest absolute Gasteiger partial charge is 0.129 e. The summed E-state index contributed by atoms with van der Waals surface area (Å²) in [7, 11) is -0.167. The normalized spacial score (nSPS) is 11.2. The van der Waals surface area contributed by atoms with Crippen molar-refractivity contribution in [1.29, 1.82) is 0 Å². The van der Waals surface area contributed by atoms with Crippen molar-refractivity contribution < 1.29 is 0 Å². The Hall–Kier alpha value is -0.0831. The molecule has 0 bridgehead atoms. The second-order valence-electron chi connectivity index (χ2n) is 2.90. The van der Waals surface area contributed by atoms with E-state index >= 15 is 0 Å². The summed E-state index contributed by atoms with van der Waals surface area (Å²) in [5.74, 6) is 0. The fourth-order valence-corrected chi connectivity index (χ4v) is 4.04. The van der Waals surface area contributed by atoms with Crippen LogP contribution in [0.15, 0.2) is 18.2 Å². The number of rotatable bonds is 3. The van der Waals surface area contributed by atoms with Crippen molar-refractivity contribution >= 4 is 28.6 Å². The van der Waals surface area contributed by atoms with Gasteiger partial charge < -0.3 is 0 Å². The average Bonchev–Trinajstić information content (AvgIpc) is 2.16. The van der Waals surface area contributed by atoms with E-state index in [0.717, 1.165) is 0 Å². The Labute approximate surface area is 84.8 Å². The first kappa shape index (κ1) is 10.0. The van der Waals surface area contributed by atoms with Crippen LogP contribution in [0.2, 0.25) is 0 Å². The van der Waals surface area contributed by atoms with Crippen LogP contribution in [0, 0.1) is 0 Å². The van der Waals surface area contributed by atoms with Crippen molar-refractivity contribution in [1.82, 2.24) is 0 Å². The van der Waals surface area contributed by atoms with Crippen molar-refractivity contribution in [3.05, 3.63) is 29.3 Å². The molecule has 2 heteroatoms. The second-order valence-corrected chi connectivity index (χ2v) is 5.61. The van der Waals surface area contributed by atoms with E-state index in [1.165, 1.54) is 18.4 Å². The third kappa shape index (κ3) is 1.99. The summed E-state index contributed by atoms with van der Waals surface area (Å²) in [6, 6.07) is 6.69. The highest BCUT2D eigenvalue weighted by Gasteiger charge is 2.03. The minimum absolute atomic E-state index is 0.167. The molecule has 1 aromatic carbocycles. The monoisotopic (exact) mass is 242 g/mol. The van der Waals surface area contributed by atoms with Gasteiger partial charge in [-0.1, -0.05) is 37.2 Å². The van der Waals surface area contributed by atoms with Crippen LogP contribution < -0.4 is 5.19 Å². The maximum Gasteiger partial charge on any atom is 0.130 e. The van der Waals surface area contributed by atoms with Gasteiger partial charge in [-0.2, -0.15) is 0 Å². The van der Waals surface area contributed by atoms with Gasteiger partial charge in [-0.15, -0.1) is 15.3 Å². The summed E-state index contributed by atoms with van der Waals surface area (Å²) in [6.45, 7) is 4.48. The molecule has 0 nitrogen and oxygen atoms in total. The highest BCUT2D eigenvalue weighted by atomic mass is 79.9. The van der Waals surface area contributed by atoms with Gasteiger partial charge in [0.05, 0.1) is 0 Å². The maximum absolute atomic E-state index is 3.65. The van der Waals surface area contributed by atoms with Crippen LogP contribution in [0.4, 0.5) is 0 Å². The zero-order valence-corrected chi connectivity index (χ0v) is 10.7. The molecule has 0 amide bonds. The highest BCUT2D eigenvalue weighted by Crippen LogP contribution is 2.08. The van der Waals surface area contributed by atoms with E-state index in [0.29, 0.717) is 0 Å². The van der Waals surface area contributed by atoms with Gasteiger partial charge in [0.1, 0.15) is 8.14 Å². The van der Waals surface area contributed by atoms with Gasteiger partial charge in [-0.25, -0.2) is 0 Å². The first-order chi connectivity index (χ1) is 5.83. The standard InChI is InChI=1S/C10H15BrSi/c1-3-8-6-5-7-10(12-11)9(8)4-2/h5-7H,3-4,12H2,1-2H3. The van der Waals surface area contributed by atoms with Crippen molar-refractivity contribution in [3.8, 4) is 0 Å². The average molecular weight is 243 g/mol. The number of hydrogen-bond donors (Lipinski definition) is 0. The van der Waals surface area contributed by atoms with Gasteiger partial charge in [0.2, 0.25) is 0 Å². The molecule has 0 aliphatic carbocycles. The molecule has 0 aliphatic rings. The highest BCUT2D eigenvalue weighted by molar-refractivity contribution is 9.23. The molecule has 0 saturated carbocycles. The Morgan fingerprint density at radius 2 is 2.00 bits per heavy atom. The Bertz CT molecular complexity index is 236. The third-order valence-corrected chi connectivity index (χ3v) is 5.01. The molecule has 0 saturated heterocycles. The SMILES string of the molecule is CCc1cccc([SiH2]Br)c1CC. The zero-order valence-electron chi connectivity index (χ0n) is 7.73. The molecule has 0 atom stereocenters. The summed E-state index contributed by atoms with van der Waals surface area (Å²) >= 11 is 3.65. The Kier molecular flexibility index (Phi) is 4.02. The van der Waals surface area contributed by atoms with Crippen LogP contribution in [0.1, 0.15) is 25.0 Å². The van der Waals surface area contributed by atoms with Crippen LogP contribution >= 0.6 is 15.3 Å². The van der Waals surface area contributed by atoms with Gasteiger partial charge in [-0.05, 0) is 24.0 Å². The van der Waals surface area contributed by atoms with Gasteiger partial charge >= 0.3 is 0 Å². The van der Waals surface area contributed by atoms with Crippen molar-refractivity contribution in [3.63, 3.8) is 0 Å². The van der Waals surface area contributed by atoms with Crippen LogP contribution in [0.3, 0.4) is 0 Å². The first-order valence-electron chi connectivity index (χ1n) is 4.49. The van der Waals surface area contributed by atoms with E-state index in [4.69, 9.17) is 0 Å². The fraction of sp³-hybridized carbons (Fsp3) is 0.400. The van der Waals surface area contributed by atoms with Crippen molar-refractivity contribution in [2.45, 2.75) is 26.7 Å². The largest absolute Gasteiger partial charge is 0.130 e. The lowest BCUT2D eigenvalue weighted by Crippen LogP contribution is -2.16. The van der Waals surface area contributed by atoms with Crippen LogP contribution in [0.25, 0.3) is 0 Å². The molecule has 0 N–H and O–H groups in total. The Morgan fingerprint density at radius 1 is 1.25 bits per heavy atom. The molecular weight excluding hydrogens is 228 g/mol. The first-order valence-corrected chi connectivity index (χ1v) is 9.09. The Morgan fingerprint density at radius 3 is 2.50 bits per heavy atom. The van der Waals surface area contributed by atoms with Gasteiger partial charge in [0.25, 0.3) is 0 Å². The molecule has 0 spiro atoms. The minimum atomic E-state index is -0.167. The summed E-state index contributed by atoms with van der Waals surface area (Å²) in [6.07, 6.45) is 2.34. The van der Waals surface area contributed by atoms with Crippen LogP contribution in [-0.2, 0) is 12.8 Å². The number of hydrogen-bond acceptors (Lipinski definition) is 0. The molecule has 1 rings (SSSR count). The van der Waals surface area contributed by atoms with Crippen LogP contribution in [-0.4, -0.2) is 8.14 Å². The molecule has 0 aliphatic heterocycles. The lowest BCUT2D eigenvalue weighted by molar-refractivity contribution is 1.05. The van der Waals surface area contributed by atoms with E-state index in [1.54, 1.807) is 10.8 Å². The molecule has 0 unspecified atom stereocenters. The van der Waals surface area contributed by atoms with Crippen molar-refractivity contribution in [2.24, 2.45) is 0 Å². The molecular formula is C10H15BrSi. The topological polar surface area (TPSA) is 0 Å². The van der Waals surface area contributed by atoms with E-state index in [-0.39, 0.29) is 8.14 Å². The predicted molar refractivity (Wildman–Crippen MR) is 62.3 cm³/mol. The molecule has 66 valence electrons. The summed E-state index contributed by atoms with van der Waals surface area (Å²) < 4.78 is 0. The summed E-state index contributed by atoms with van der Waals surface area (Å²) in [5.41, 5.74) is 3.12. The number of aryl methyl sites for hydroxylation is 1. The molecule has 0 aromatic heterocycles. The minimum Gasteiger partial charge on any atom is -0.129 e. The van der Waals surface area contributed by atoms with Gasteiger partial charge in [0, 0.05) is 0 Å². The lowest BCUT2D eigenvalue weighted by Gasteiger charge is -2.09. The molecule has 0 radical (unpaired) electrons. The summed E-state index contributed by atoms with van der Waals surface area (Å²) in [5, 5.41) is 1.58. The van der Waals surface area contributed by atoms with E-state index in [9.17, 15) is 0 Å². The second kappa shape index (κ2) is 4.82. The molecule has 1 aromatic rings. The van der Waals surface area contributed by atoms with E-state index in [1.807, 2.05) is 0 Å². The Balaban J connectivity index is 3.13. The fourth-order valence-electron chi connectivity index (χ4n) is 1.60. The molecule has 0 heterocycles. The van der Waals surface area contributed by atoms with Gasteiger partial charge in [0.15, 0.2) is 0 Å². The third-order valence-electron chi connectivity index (χ3n) is 2.25. The zero-order chi connectivity index (χ0) is 8.97. The van der Waals surface area contributed by atoms with E-state index < -0.39 is 0 Å². The quantitative estimate of drug-likeness (QED) is 0.562. The van der Waals surface area contributed by atoms with Gasteiger partial charge in [-0.3, -0.25) is 0 Å². The number of benzene rings is 1. The lowest BCUT2D eigenvalue weighted by atomic mass is 10.0. The van der Waals surface area contributed by atoms with E-state index in [2.05, 4.69) is 47.3 Å². The number of halogens is 1. The summed E-state index contributed by atoms with van der Waals surface area (Å²) in [4.78, 5) is 0.